The van der Waals surface area contributed by atoms with E-state index >= 15 is 0 Å². The fourth-order valence-electron chi connectivity index (χ4n) is 1.37. The van der Waals surface area contributed by atoms with Crippen LogP contribution in [0.1, 0.15) is 5.69 Å². The molecule has 0 bridgehead atoms. The van der Waals surface area contributed by atoms with Gasteiger partial charge in [0.1, 0.15) is 4.90 Å². The summed E-state index contributed by atoms with van der Waals surface area (Å²) in [5.41, 5.74) is 5.76. The molecule has 0 aromatic carbocycles. The van der Waals surface area contributed by atoms with Crippen LogP contribution in [-0.2, 0) is 16.6 Å². The Morgan fingerprint density at radius 2 is 2.06 bits per heavy atom. The molecule has 0 radical (unpaired) electrons. The standard InChI is InChI=1S/C10H11N5O2S/c11-6-8-9(2-1-3-13-8)18(16,17)15-10-7-12-4-5-14-10/h1-5,7H,6,11H2,(H,14,15). The van der Waals surface area contributed by atoms with Gasteiger partial charge < -0.3 is 5.73 Å². The van der Waals surface area contributed by atoms with Crippen molar-refractivity contribution in [2.45, 2.75) is 11.4 Å². The molecule has 0 aliphatic heterocycles. The summed E-state index contributed by atoms with van der Waals surface area (Å²) in [6.45, 7) is 0.0392. The zero-order chi connectivity index (χ0) is 13.0. The highest BCUT2D eigenvalue weighted by Crippen LogP contribution is 2.15. The average Bonchev–Trinajstić information content (AvgIpc) is 2.39. The predicted octanol–water partition coefficient (Wildman–Crippen LogP) is 0.131. The fourth-order valence-corrected chi connectivity index (χ4v) is 2.56. The van der Waals surface area contributed by atoms with Gasteiger partial charge in [-0.05, 0) is 12.1 Å². The van der Waals surface area contributed by atoms with Gasteiger partial charge in [-0.25, -0.2) is 13.4 Å². The number of nitrogens with two attached hydrogens (primary N) is 1. The number of nitrogens with zero attached hydrogens (tertiary/aromatic N) is 3. The van der Waals surface area contributed by atoms with Crippen LogP contribution >= 0.6 is 0 Å². The highest BCUT2D eigenvalue weighted by Gasteiger charge is 2.18. The molecule has 18 heavy (non-hydrogen) atoms. The summed E-state index contributed by atoms with van der Waals surface area (Å²) in [4.78, 5) is 11.6. The molecule has 0 aliphatic carbocycles. The third kappa shape index (κ3) is 2.60. The zero-order valence-electron chi connectivity index (χ0n) is 9.31. The van der Waals surface area contributed by atoms with Gasteiger partial charge in [0.25, 0.3) is 10.0 Å². The van der Waals surface area contributed by atoms with E-state index < -0.39 is 10.0 Å². The monoisotopic (exact) mass is 265 g/mol. The second kappa shape index (κ2) is 5.07. The van der Waals surface area contributed by atoms with Crippen LogP contribution in [0.15, 0.2) is 41.8 Å². The van der Waals surface area contributed by atoms with Crippen LogP contribution in [-0.4, -0.2) is 23.4 Å². The summed E-state index contributed by atoms with van der Waals surface area (Å²) in [6, 6.07) is 2.97. The van der Waals surface area contributed by atoms with E-state index in [-0.39, 0.29) is 17.3 Å². The van der Waals surface area contributed by atoms with E-state index in [4.69, 9.17) is 5.73 Å². The van der Waals surface area contributed by atoms with Gasteiger partial charge in [0, 0.05) is 25.1 Å². The molecule has 2 heterocycles. The Morgan fingerprint density at radius 3 is 2.72 bits per heavy atom. The lowest BCUT2D eigenvalue weighted by molar-refractivity contribution is 0.599. The molecular weight excluding hydrogens is 254 g/mol. The van der Waals surface area contributed by atoms with Gasteiger partial charge in [0.2, 0.25) is 0 Å². The second-order valence-electron chi connectivity index (χ2n) is 3.35. The zero-order valence-corrected chi connectivity index (χ0v) is 10.1. The molecule has 94 valence electrons. The SMILES string of the molecule is NCc1ncccc1S(=O)(=O)Nc1cnccn1. The molecule has 7 nitrogen and oxygen atoms in total. The number of hydrogen-bond donors (Lipinski definition) is 2. The van der Waals surface area contributed by atoms with Crippen molar-refractivity contribution in [1.29, 1.82) is 0 Å². The smallest absolute Gasteiger partial charge is 0.264 e. The van der Waals surface area contributed by atoms with Crippen molar-refractivity contribution in [1.82, 2.24) is 15.0 Å². The number of anilines is 1. The van der Waals surface area contributed by atoms with Crippen molar-refractivity contribution in [2.75, 3.05) is 4.72 Å². The van der Waals surface area contributed by atoms with Crippen molar-refractivity contribution in [3.05, 3.63) is 42.6 Å². The molecule has 0 unspecified atom stereocenters. The topological polar surface area (TPSA) is 111 Å². The molecule has 0 amide bonds. The molecule has 0 spiro atoms. The summed E-state index contributed by atoms with van der Waals surface area (Å²) >= 11 is 0. The van der Waals surface area contributed by atoms with E-state index in [0.29, 0.717) is 5.69 Å². The number of pyridine rings is 1. The van der Waals surface area contributed by atoms with Gasteiger partial charge in [-0.1, -0.05) is 0 Å². The Balaban J connectivity index is 2.37. The molecule has 3 N–H and O–H groups in total. The number of hydrogen-bond acceptors (Lipinski definition) is 6. The molecule has 0 aliphatic rings. The Bertz CT molecular complexity index is 630. The summed E-state index contributed by atoms with van der Waals surface area (Å²) in [5.74, 6) is 0.143. The Kier molecular flexibility index (Phi) is 3.49. The van der Waals surface area contributed by atoms with Crippen molar-refractivity contribution >= 4 is 15.8 Å². The Hall–Kier alpha value is -2.06. The lowest BCUT2D eigenvalue weighted by Gasteiger charge is -2.09. The molecule has 2 aromatic heterocycles. The van der Waals surface area contributed by atoms with Crippen molar-refractivity contribution < 1.29 is 8.42 Å². The Labute approximate surface area is 104 Å². The van der Waals surface area contributed by atoms with E-state index in [2.05, 4.69) is 19.7 Å². The molecular formula is C10H11N5O2S. The highest BCUT2D eigenvalue weighted by atomic mass is 32.2. The van der Waals surface area contributed by atoms with E-state index in [1.54, 1.807) is 0 Å². The third-order valence-electron chi connectivity index (χ3n) is 2.13. The van der Waals surface area contributed by atoms with E-state index in [1.807, 2.05) is 0 Å². The summed E-state index contributed by atoms with van der Waals surface area (Å²) in [6.07, 6.45) is 5.65. The molecule has 0 saturated carbocycles. The molecule has 0 saturated heterocycles. The van der Waals surface area contributed by atoms with Gasteiger partial charge in [-0.15, -0.1) is 0 Å². The van der Waals surface area contributed by atoms with E-state index in [0.717, 1.165) is 0 Å². The number of aromatic nitrogens is 3. The van der Waals surface area contributed by atoms with Crippen LogP contribution in [0.25, 0.3) is 0 Å². The normalized spacial score (nSPS) is 11.2. The van der Waals surface area contributed by atoms with Crippen molar-refractivity contribution in [3.8, 4) is 0 Å². The van der Waals surface area contributed by atoms with Crippen LogP contribution in [0.5, 0.6) is 0 Å². The number of rotatable bonds is 4. The predicted molar refractivity (Wildman–Crippen MR) is 65.0 cm³/mol. The quantitative estimate of drug-likeness (QED) is 0.813. The van der Waals surface area contributed by atoms with Crippen molar-refractivity contribution in [3.63, 3.8) is 0 Å². The Morgan fingerprint density at radius 1 is 1.22 bits per heavy atom. The lowest BCUT2D eigenvalue weighted by atomic mass is 10.3. The molecule has 8 heteroatoms. The fraction of sp³-hybridized carbons (Fsp3) is 0.100. The van der Waals surface area contributed by atoms with Crippen LogP contribution in [0.4, 0.5) is 5.82 Å². The van der Waals surface area contributed by atoms with Crippen LogP contribution in [0.3, 0.4) is 0 Å². The second-order valence-corrected chi connectivity index (χ2v) is 5.00. The molecule has 0 fully saturated rings. The minimum absolute atomic E-state index is 0.0392. The molecule has 0 atom stereocenters. The summed E-state index contributed by atoms with van der Waals surface area (Å²) < 4.78 is 26.5. The third-order valence-corrected chi connectivity index (χ3v) is 3.56. The van der Waals surface area contributed by atoms with Crippen LogP contribution < -0.4 is 10.5 Å². The summed E-state index contributed by atoms with van der Waals surface area (Å²) in [7, 11) is -3.75. The van der Waals surface area contributed by atoms with Gasteiger partial charge in [-0.3, -0.25) is 14.7 Å². The van der Waals surface area contributed by atoms with Crippen LogP contribution in [0, 0.1) is 0 Å². The highest BCUT2D eigenvalue weighted by molar-refractivity contribution is 7.92. The largest absolute Gasteiger partial charge is 0.325 e. The minimum Gasteiger partial charge on any atom is -0.325 e. The van der Waals surface area contributed by atoms with E-state index in [9.17, 15) is 8.42 Å². The van der Waals surface area contributed by atoms with Crippen molar-refractivity contribution in [2.24, 2.45) is 5.73 Å². The van der Waals surface area contributed by atoms with Gasteiger partial charge in [-0.2, -0.15) is 0 Å². The summed E-state index contributed by atoms with van der Waals surface area (Å²) in [5, 5.41) is 0. The first-order valence-electron chi connectivity index (χ1n) is 5.06. The van der Waals surface area contributed by atoms with E-state index in [1.165, 1.54) is 36.9 Å². The maximum Gasteiger partial charge on any atom is 0.264 e. The maximum atomic E-state index is 12.1. The average molecular weight is 265 g/mol. The minimum atomic E-state index is -3.75. The first-order chi connectivity index (χ1) is 8.63. The number of nitrogens with one attached hydrogen (secondary N) is 1. The first kappa shape index (κ1) is 12.4. The molecule has 2 rings (SSSR count). The maximum absolute atomic E-state index is 12.1. The number of sulfonamides is 1. The first-order valence-corrected chi connectivity index (χ1v) is 6.54. The van der Waals surface area contributed by atoms with Gasteiger partial charge in [0.05, 0.1) is 11.9 Å². The van der Waals surface area contributed by atoms with Gasteiger partial charge in [0.15, 0.2) is 5.82 Å². The lowest BCUT2D eigenvalue weighted by Crippen LogP contribution is -2.17. The van der Waals surface area contributed by atoms with Crippen LogP contribution in [0.2, 0.25) is 0 Å². The molecule has 2 aromatic rings. The van der Waals surface area contributed by atoms with Gasteiger partial charge >= 0.3 is 0 Å².